The molecule has 1 aromatic rings. The van der Waals surface area contributed by atoms with Gasteiger partial charge in [0.15, 0.2) is 0 Å². The maximum absolute atomic E-state index is 12.3. The minimum absolute atomic E-state index is 0.172. The van der Waals surface area contributed by atoms with Crippen LogP contribution in [0, 0.1) is 5.41 Å². The molecular weight excluding hydrogens is 316 g/mol. The predicted molar refractivity (Wildman–Crippen MR) is 89.3 cm³/mol. The fourth-order valence-corrected chi connectivity index (χ4v) is 2.66. The van der Waals surface area contributed by atoms with E-state index in [0.29, 0.717) is 44.0 Å². The molecule has 23 heavy (non-hydrogen) atoms. The summed E-state index contributed by atoms with van der Waals surface area (Å²) in [5.41, 5.74) is 0.202. The standard InChI is InChI=1S/C17H23ClN2O3/c1-23-11-3-9-19-15(21)17(7-8-17)16(22)20-10-6-13-4-2-5-14(18)12-13/h2,4-5,12H,3,6-11H2,1H3,(H,19,21)(H,20,22). The van der Waals surface area contributed by atoms with Crippen molar-refractivity contribution in [1.29, 1.82) is 0 Å². The Kier molecular flexibility index (Phi) is 6.42. The Labute approximate surface area is 141 Å². The van der Waals surface area contributed by atoms with Crippen LogP contribution in [0.25, 0.3) is 0 Å². The van der Waals surface area contributed by atoms with Crippen LogP contribution in [0.5, 0.6) is 0 Å². The van der Waals surface area contributed by atoms with Gasteiger partial charge in [0.2, 0.25) is 11.8 Å². The molecule has 1 aliphatic carbocycles. The molecule has 0 unspecified atom stereocenters. The Hall–Kier alpha value is -1.59. The highest BCUT2D eigenvalue weighted by Gasteiger charge is 2.56. The van der Waals surface area contributed by atoms with Gasteiger partial charge in [0, 0.05) is 31.8 Å². The van der Waals surface area contributed by atoms with Crippen LogP contribution in [-0.2, 0) is 20.7 Å². The van der Waals surface area contributed by atoms with E-state index in [0.717, 1.165) is 12.0 Å². The van der Waals surface area contributed by atoms with Crippen molar-refractivity contribution < 1.29 is 14.3 Å². The molecule has 2 N–H and O–H groups in total. The lowest BCUT2D eigenvalue weighted by molar-refractivity contribution is -0.137. The van der Waals surface area contributed by atoms with E-state index in [9.17, 15) is 9.59 Å². The molecule has 0 atom stereocenters. The van der Waals surface area contributed by atoms with E-state index in [1.54, 1.807) is 7.11 Å². The molecule has 0 aromatic heterocycles. The number of methoxy groups -OCH3 is 1. The molecule has 5 nitrogen and oxygen atoms in total. The van der Waals surface area contributed by atoms with Crippen LogP contribution in [0.1, 0.15) is 24.8 Å². The molecule has 2 rings (SSSR count). The smallest absolute Gasteiger partial charge is 0.235 e. The lowest BCUT2D eigenvalue weighted by Gasteiger charge is -2.15. The second-order valence-corrected chi connectivity index (χ2v) is 6.26. The van der Waals surface area contributed by atoms with Crippen LogP contribution in [0.4, 0.5) is 0 Å². The molecule has 1 aliphatic rings. The summed E-state index contributed by atoms with van der Waals surface area (Å²) in [5, 5.41) is 6.37. The van der Waals surface area contributed by atoms with Crippen molar-refractivity contribution in [2.75, 3.05) is 26.8 Å². The van der Waals surface area contributed by atoms with Gasteiger partial charge in [0.25, 0.3) is 0 Å². The Morgan fingerprint density at radius 1 is 1.22 bits per heavy atom. The maximum Gasteiger partial charge on any atom is 0.235 e. The number of nitrogens with one attached hydrogen (secondary N) is 2. The zero-order chi connectivity index (χ0) is 16.7. The highest BCUT2D eigenvalue weighted by Crippen LogP contribution is 2.46. The number of benzene rings is 1. The average molecular weight is 339 g/mol. The molecule has 1 fully saturated rings. The van der Waals surface area contributed by atoms with Crippen molar-refractivity contribution in [3.05, 3.63) is 34.9 Å². The van der Waals surface area contributed by atoms with Crippen molar-refractivity contribution in [2.45, 2.75) is 25.7 Å². The number of carbonyl (C=O) groups is 2. The van der Waals surface area contributed by atoms with Crippen LogP contribution in [-0.4, -0.2) is 38.6 Å². The first-order valence-corrected chi connectivity index (χ1v) is 8.26. The summed E-state index contributed by atoms with van der Waals surface area (Å²) in [5.74, 6) is -0.349. The second kappa shape index (κ2) is 8.31. The molecule has 1 saturated carbocycles. The Balaban J connectivity index is 1.75. The van der Waals surface area contributed by atoms with E-state index < -0.39 is 5.41 Å². The van der Waals surface area contributed by atoms with Gasteiger partial charge in [-0.15, -0.1) is 0 Å². The van der Waals surface area contributed by atoms with Crippen LogP contribution < -0.4 is 10.6 Å². The van der Waals surface area contributed by atoms with Crippen molar-refractivity contribution in [2.24, 2.45) is 5.41 Å². The van der Waals surface area contributed by atoms with E-state index in [1.165, 1.54) is 0 Å². The van der Waals surface area contributed by atoms with Gasteiger partial charge in [-0.05, 0) is 43.4 Å². The number of amides is 2. The zero-order valence-electron chi connectivity index (χ0n) is 13.4. The third-order valence-corrected chi connectivity index (χ3v) is 4.25. The van der Waals surface area contributed by atoms with Crippen LogP contribution in [0.3, 0.4) is 0 Å². The van der Waals surface area contributed by atoms with Gasteiger partial charge in [-0.1, -0.05) is 23.7 Å². The summed E-state index contributed by atoms with van der Waals surface area (Å²) in [6, 6.07) is 7.54. The monoisotopic (exact) mass is 338 g/mol. The van der Waals surface area contributed by atoms with Crippen LogP contribution in [0.15, 0.2) is 24.3 Å². The summed E-state index contributed by atoms with van der Waals surface area (Å²) in [6.45, 7) is 1.63. The first-order valence-electron chi connectivity index (χ1n) is 7.88. The van der Waals surface area contributed by atoms with Crippen molar-refractivity contribution in [3.63, 3.8) is 0 Å². The number of carbonyl (C=O) groups excluding carboxylic acids is 2. The van der Waals surface area contributed by atoms with E-state index in [1.807, 2.05) is 24.3 Å². The Bertz CT molecular complexity index is 559. The van der Waals surface area contributed by atoms with E-state index in [-0.39, 0.29) is 11.8 Å². The molecule has 2 amide bonds. The van der Waals surface area contributed by atoms with Gasteiger partial charge in [-0.2, -0.15) is 0 Å². The van der Waals surface area contributed by atoms with Gasteiger partial charge in [0.1, 0.15) is 5.41 Å². The normalized spacial score (nSPS) is 15.0. The molecule has 0 bridgehead atoms. The highest BCUT2D eigenvalue weighted by atomic mass is 35.5. The predicted octanol–water partition coefficient (Wildman–Crippen LogP) is 1.93. The molecule has 0 saturated heterocycles. The Morgan fingerprint density at radius 3 is 2.52 bits per heavy atom. The molecular formula is C17H23ClN2O3. The molecule has 0 heterocycles. The van der Waals surface area contributed by atoms with Gasteiger partial charge < -0.3 is 15.4 Å². The van der Waals surface area contributed by atoms with Crippen molar-refractivity contribution in [1.82, 2.24) is 10.6 Å². The summed E-state index contributed by atoms with van der Waals surface area (Å²) in [6.07, 6.45) is 2.67. The fraction of sp³-hybridized carbons (Fsp3) is 0.529. The third kappa shape index (κ3) is 4.94. The molecule has 1 aromatic carbocycles. The van der Waals surface area contributed by atoms with E-state index in [2.05, 4.69) is 10.6 Å². The lowest BCUT2D eigenvalue weighted by Crippen LogP contribution is -2.44. The van der Waals surface area contributed by atoms with Gasteiger partial charge in [-0.3, -0.25) is 9.59 Å². The minimum atomic E-state index is -0.860. The summed E-state index contributed by atoms with van der Waals surface area (Å²) < 4.78 is 4.94. The van der Waals surface area contributed by atoms with Crippen LogP contribution >= 0.6 is 11.6 Å². The summed E-state index contributed by atoms with van der Waals surface area (Å²) in [7, 11) is 1.62. The maximum atomic E-state index is 12.3. The first-order chi connectivity index (χ1) is 11.1. The largest absolute Gasteiger partial charge is 0.385 e. The highest BCUT2D eigenvalue weighted by molar-refractivity contribution is 6.30. The van der Waals surface area contributed by atoms with E-state index >= 15 is 0 Å². The number of hydrogen-bond donors (Lipinski definition) is 2. The fourth-order valence-electron chi connectivity index (χ4n) is 2.45. The van der Waals surface area contributed by atoms with Crippen LogP contribution in [0.2, 0.25) is 5.02 Å². The number of ether oxygens (including phenoxy) is 1. The quantitative estimate of drug-likeness (QED) is 0.534. The first kappa shape index (κ1) is 17.8. The second-order valence-electron chi connectivity index (χ2n) is 5.82. The molecule has 0 radical (unpaired) electrons. The van der Waals surface area contributed by atoms with Gasteiger partial charge in [-0.25, -0.2) is 0 Å². The molecule has 0 spiro atoms. The summed E-state index contributed by atoms with van der Waals surface area (Å²) in [4.78, 5) is 24.5. The van der Waals surface area contributed by atoms with Crippen molar-refractivity contribution in [3.8, 4) is 0 Å². The van der Waals surface area contributed by atoms with Gasteiger partial charge in [0.05, 0.1) is 0 Å². The topological polar surface area (TPSA) is 67.4 Å². The summed E-state index contributed by atoms with van der Waals surface area (Å²) >= 11 is 5.93. The average Bonchev–Trinajstić information content (AvgIpc) is 3.33. The van der Waals surface area contributed by atoms with E-state index in [4.69, 9.17) is 16.3 Å². The third-order valence-electron chi connectivity index (χ3n) is 4.02. The Morgan fingerprint density at radius 2 is 1.91 bits per heavy atom. The minimum Gasteiger partial charge on any atom is -0.385 e. The number of halogens is 1. The molecule has 0 aliphatic heterocycles. The number of hydrogen-bond acceptors (Lipinski definition) is 3. The lowest BCUT2D eigenvalue weighted by atomic mass is 10.0. The molecule has 126 valence electrons. The molecule has 6 heteroatoms. The number of rotatable bonds is 9. The van der Waals surface area contributed by atoms with Crippen molar-refractivity contribution >= 4 is 23.4 Å². The zero-order valence-corrected chi connectivity index (χ0v) is 14.1. The SMILES string of the molecule is COCCCNC(=O)C1(C(=O)NCCc2cccc(Cl)c2)CC1. The van der Waals surface area contributed by atoms with Gasteiger partial charge >= 0.3 is 0 Å².